The molecule has 0 saturated heterocycles. The first kappa shape index (κ1) is 9.41. The highest BCUT2D eigenvalue weighted by Crippen LogP contribution is 2.27. The molecule has 1 unspecified atom stereocenters. The molecule has 58 valence electrons. The summed E-state index contributed by atoms with van der Waals surface area (Å²) in [6.07, 6.45) is 3.84. The molecule has 1 atom stereocenters. The third-order valence-electron chi connectivity index (χ3n) is 1.98. The highest BCUT2D eigenvalue weighted by Gasteiger charge is 2.24. The predicted octanol–water partition coefficient (Wildman–Crippen LogP) is 2.42. The molecular weight excluding hydrogens is 124 g/mol. The zero-order valence-electron chi connectivity index (χ0n) is 7.05. The molecule has 0 N–H and O–H groups in total. The van der Waals surface area contributed by atoms with Gasteiger partial charge in [0.25, 0.3) is 0 Å². The van der Waals surface area contributed by atoms with Crippen molar-refractivity contribution in [3.63, 3.8) is 0 Å². The zero-order chi connectivity index (χ0) is 8.20. The van der Waals surface area contributed by atoms with E-state index in [-0.39, 0.29) is 5.41 Å². The van der Waals surface area contributed by atoms with Gasteiger partial charge in [0, 0.05) is 5.41 Å². The maximum absolute atomic E-state index is 10.5. The molecule has 1 nitrogen and oxygen atoms in total. The summed E-state index contributed by atoms with van der Waals surface area (Å²) in [5.74, 6) is 0.310. The molecule has 0 rings (SSSR count). The van der Waals surface area contributed by atoms with Crippen molar-refractivity contribution in [1.29, 1.82) is 0 Å². The van der Waals surface area contributed by atoms with Crippen LogP contribution in [0.5, 0.6) is 0 Å². The topological polar surface area (TPSA) is 17.1 Å². The van der Waals surface area contributed by atoms with Crippen molar-refractivity contribution in [2.45, 2.75) is 27.2 Å². The Morgan fingerprint density at radius 2 is 2.10 bits per heavy atom. The molecule has 0 saturated carbocycles. The van der Waals surface area contributed by atoms with Crippen molar-refractivity contribution < 1.29 is 4.79 Å². The smallest absolute Gasteiger partial charge is 0.126 e. The van der Waals surface area contributed by atoms with Crippen molar-refractivity contribution in [3.8, 4) is 0 Å². The maximum atomic E-state index is 10.5. The quantitative estimate of drug-likeness (QED) is 0.433. The van der Waals surface area contributed by atoms with Crippen LogP contribution in [0.4, 0.5) is 0 Å². The average Bonchev–Trinajstić information content (AvgIpc) is 1.90. The molecular formula is C9H16O. The Balaban J connectivity index is 4.24. The monoisotopic (exact) mass is 140 g/mol. The van der Waals surface area contributed by atoms with Gasteiger partial charge in [-0.1, -0.05) is 26.8 Å². The van der Waals surface area contributed by atoms with E-state index in [1.807, 2.05) is 19.9 Å². The number of aldehydes is 1. The van der Waals surface area contributed by atoms with Crippen molar-refractivity contribution in [3.05, 3.63) is 12.7 Å². The van der Waals surface area contributed by atoms with E-state index < -0.39 is 0 Å². The van der Waals surface area contributed by atoms with Crippen LogP contribution in [0.25, 0.3) is 0 Å². The summed E-state index contributed by atoms with van der Waals surface area (Å²) in [5, 5.41) is 0. The van der Waals surface area contributed by atoms with Crippen LogP contribution in [-0.2, 0) is 4.79 Å². The van der Waals surface area contributed by atoms with Gasteiger partial charge in [0.1, 0.15) is 6.29 Å². The standard InChI is InChI=1S/C9H16O/c1-5-8(6-2)9(3,4)7-10/h5,7-8H,1,6H2,2-4H3. The lowest BCUT2D eigenvalue weighted by molar-refractivity contribution is -0.116. The van der Waals surface area contributed by atoms with Gasteiger partial charge in [-0.3, -0.25) is 0 Å². The van der Waals surface area contributed by atoms with Gasteiger partial charge in [-0.05, 0) is 12.3 Å². The number of carbonyl (C=O) groups is 1. The lowest BCUT2D eigenvalue weighted by Crippen LogP contribution is -2.23. The minimum atomic E-state index is -0.240. The first-order valence-corrected chi connectivity index (χ1v) is 3.67. The van der Waals surface area contributed by atoms with Crippen LogP contribution in [0, 0.1) is 11.3 Å². The van der Waals surface area contributed by atoms with Crippen LogP contribution in [0.1, 0.15) is 27.2 Å². The van der Waals surface area contributed by atoms with E-state index in [1.54, 1.807) is 0 Å². The average molecular weight is 140 g/mol. The van der Waals surface area contributed by atoms with Gasteiger partial charge in [0.2, 0.25) is 0 Å². The van der Waals surface area contributed by atoms with E-state index >= 15 is 0 Å². The summed E-state index contributed by atoms with van der Waals surface area (Å²) in [5.41, 5.74) is -0.240. The van der Waals surface area contributed by atoms with Crippen molar-refractivity contribution in [1.82, 2.24) is 0 Å². The third-order valence-corrected chi connectivity index (χ3v) is 1.98. The highest BCUT2D eigenvalue weighted by molar-refractivity contribution is 5.59. The lowest BCUT2D eigenvalue weighted by Gasteiger charge is -2.24. The summed E-state index contributed by atoms with van der Waals surface area (Å²) in [6.45, 7) is 9.63. The first-order chi connectivity index (χ1) is 4.58. The number of allylic oxidation sites excluding steroid dienone is 1. The fourth-order valence-electron chi connectivity index (χ4n) is 1.08. The summed E-state index contributed by atoms with van der Waals surface area (Å²) in [4.78, 5) is 10.5. The van der Waals surface area contributed by atoms with E-state index in [0.717, 1.165) is 12.7 Å². The van der Waals surface area contributed by atoms with Crippen molar-refractivity contribution >= 4 is 6.29 Å². The van der Waals surface area contributed by atoms with Crippen molar-refractivity contribution in [2.75, 3.05) is 0 Å². The van der Waals surface area contributed by atoms with Crippen LogP contribution in [0.3, 0.4) is 0 Å². The summed E-state index contributed by atoms with van der Waals surface area (Å²) in [6, 6.07) is 0. The Hall–Kier alpha value is -0.590. The van der Waals surface area contributed by atoms with Gasteiger partial charge in [-0.2, -0.15) is 0 Å². The minimum absolute atomic E-state index is 0.240. The molecule has 0 aliphatic carbocycles. The van der Waals surface area contributed by atoms with E-state index in [0.29, 0.717) is 5.92 Å². The Bertz CT molecular complexity index is 125. The summed E-state index contributed by atoms with van der Waals surface area (Å²) in [7, 11) is 0. The Morgan fingerprint density at radius 3 is 2.20 bits per heavy atom. The zero-order valence-corrected chi connectivity index (χ0v) is 7.05. The molecule has 0 aliphatic heterocycles. The highest BCUT2D eigenvalue weighted by atomic mass is 16.1. The maximum Gasteiger partial charge on any atom is 0.126 e. The molecule has 0 heterocycles. The van der Waals surface area contributed by atoms with E-state index in [1.165, 1.54) is 0 Å². The second kappa shape index (κ2) is 3.55. The molecule has 0 aromatic carbocycles. The molecule has 1 heteroatoms. The van der Waals surface area contributed by atoms with Gasteiger partial charge < -0.3 is 4.79 Å². The predicted molar refractivity (Wildman–Crippen MR) is 43.8 cm³/mol. The normalized spacial score (nSPS) is 14.3. The number of hydrogen-bond donors (Lipinski definition) is 0. The van der Waals surface area contributed by atoms with E-state index in [2.05, 4.69) is 13.5 Å². The van der Waals surface area contributed by atoms with Gasteiger partial charge in [-0.15, -0.1) is 6.58 Å². The fraction of sp³-hybridized carbons (Fsp3) is 0.667. The summed E-state index contributed by atoms with van der Waals surface area (Å²) < 4.78 is 0. The fourth-order valence-corrected chi connectivity index (χ4v) is 1.08. The summed E-state index contributed by atoms with van der Waals surface area (Å²) >= 11 is 0. The molecule has 0 fully saturated rings. The number of rotatable bonds is 4. The first-order valence-electron chi connectivity index (χ1n) is 3.67. The molecule has 0 bridgehead atoms. The number of carbonyl (C=O) groups excluding carboxylic acids is 1. The number of hydrogen-bond acceptors (Lipinski definition) is 1. The molecule has 0 aliphatic rings. The van der Waals surface area contributed by atoms with Crippen LogP contribution >= 0.6 is 0 Å². The van der Waals surface area contributed by atoms with Gasteiger partial charge in [0.15, 0.2) is 0 Å². The Kier molecular flexibility index (Phi) is 3.34. The van der Waals surface area contributed by atoms with Crippen LogP contribution in [0.2, 0.25) is 0 Å². The van der Waals surface area contributed by atoms with Crippen molar-refractivity contribution in [2.24, 2.45) is 11.3 Å². The van der Waals surface area contributed by atoms with E-state index in [9.17, 15) is 4.79 Å². The molecule has 0 radical (unpaired) electrons. The van der Waals surface area contributed by atoms with Gasteiger partial charge >= 0.3 is 0 Å². The molecule has 10 heavy (non-hydrogen) atoms. The second-order valence-corrected chi connectivity index (χ2v) is 3.19. The molecule has 0 amide bonds. The SMILES string of the molecule is C=CC(CC)C(C)(C)C=O. The van der Waals surface area contributed by atoms with Crippen LogP contribution < -0.4 is 0 Å². The van der Waals surface area contributed by atoms with Crippen LogP contribution in [-0.4, -0.2) is 6.29 Å². The second-order valence-electron chi connectivity index (χ2n) is 3.19. The minimum Gasteiger partial charge on any atom is -0.303 e. The Labute approximate surface area is 63.1 Å². The third kappa shape index (κ3) is 1.98. The molecule has 0 aromatic heterocycles. The van der Waals surface area contributed by atoms with Gasteiger partial charge in [0.05, 0.1) is 0 Å². The van der Waals surface area contributed by atoms with Crippen LogP contribution in [0.15, 0.2) is 12.7 Å². The molecule has 0 spiro atoms. The lowest BCUT2D eigenvalue weighted by atomic mass is 9.79. The van der Waals surface area contributed by atoms with Gasteiger partial charge in [-0.25, -0.2) is 0 Å². The largest absolute Gasteiger partial charge is 0.303 e. The molecule has 0 aromatic rings. The van der Waals surface area contributed by atoms with E-state index in [4.69, 9.17) is 0 Å². The Morgan fingerprint density at radius 1 is 1.60 bits per heavy atom.